The Bertz CT molecular complexity index is 1300. The van der Waals surface area contributed by atoms with Crippen molar-refractivity contribution >= 4 is 33.4 Å². The van der Waals surface area contributed by atoms with E-state index in [0.717, 1.165) is 31.7 Å². The summed E-state index contributed by atoms with van der Waals surface area (Å²) in [5, 5.41) is 19.3. The van der Waals surface area contributed by atoms with Gasteiger partial charge in [-0.2, -0.15) is 0 Å². The van der Waals surface area contributed by atoms with Gasteiger partial charge in [-0.15, -0.1) is 11.3 Å². The molecule has 3 aromatic carbocycles. The third-order valence-electron chi connectivity index (χ3n) is 4.70. The molecule has 7 heteroatoms. The predicted octanol–water partition coefficient (Wildman–Crippen LogP) is 6.03. The molecule has 3 N–H and O–H groups in total. The number of rotatable bonds is 5. The largest absolute Gasteiger partial charge is 0.508 e. The molecule has 1 amide bonds. The molecule has 4 aromatic rings. The van der Waals surface area contributed by atoms with Gasteiger partial charge in [-0.05, 0) is 72.2 Å². The van der Waals surface area contributed by atoms with E-state index in [0.29, 0.717) is 11.5 Å². The third-order valence-corrected chi connectivity index (χ3v) is 5.87. The summed E-state index contributed by atoms with van der Waals surface area (Å²) in [6.07, 6.45) is 2.77. The van der Waals surface area contributed by atoms with Crippen LogP contribution in [-0.2, 0) is 4.79 Å². The van der Waals surface area contributed by atoms with Gasteiger partial charge in [0.05, 0.1) is 4.88 Å². The zero-order valence-electron chi connectivity index (χ0n) is 16.4. The fourth-order valence-electron chi connectivity index (χ4n) is 3.20. The maximum absolute atomic E-state index is 13.6. The van der Waals surface area contributed by atoms with Crippen LogP contribution < -0.4 is 10.2 Å². The van der Waals surface area contributed by atoms with E-state index in [2.05, 4.69) is 0 Å². The van der Waals surface area contributed by atoms with Gasteiger partial charge in [0.2, 0.25) is 0 Å². The van der Waals surface area contributed by atoms with Gasteiger partial charge in [0.1, 0.15) is 17.3 Å². The monoisotopic (exact) mass is 435 g/mol. The van der Waals surface area contributed by atoms with Crippen LogP contribution in [0.4, 0.5) is 4.39 Å². The molecule has 5 nitrogen and oxygen atoms in total. The van der Waals surface area contributed by atoms with Crippen molar-refractivity contribution in [2.75, 3.05) is 0 Å². The summed E-state index contributed by atoms with van der Waals surface area (Å²) < 4.78 is 20.7. The molecule has 1 heterocycles. The summed E-state index contributed by atoms with van der Waals surface area (Å²) in [7, 11) is 0. The first-order valence-corrected chi connectivity index (χ1v) is 10.2. The van der Waals surface area contributed by atoms with Gasteiger partial charge in [-0.3, -0.25) is 10.0 Å². The van der Waals surface area contributed by atoms with E-state index in [1.807, 2.05) is 6.92 Å². The second-order valence-corrected chi connectivity index (χ2v) is 7.93. The highest BCUT2D eigenvalue weighted by atomic mass is 32.1. The van der Waals surface area contributed by atoms with Crippen LogP contribution >= 0.6 is 11.3 Å². The van der Waals surface area contributed by atoms with E-state index in [1.54, 1.807) is 54.6 Å². The molecule has 0 saturated carbocycles. The number of hydroxylamine groups is 1. The first kappa shape index (κ1) is 20.6. The zero-order chi connectivity index (χ0) is 22.0. The fourth-order valence-corrected chi connectivity index (χ4v) is 4.45. The van der Waals surface area contributed by atoms with E-state index in [1.165, 1.54) is 35.0 Å². The van der Waals surface area contributed by atoms with Crippen molar-refractivity contribution in [3.05, 3.63) is 83.7 Å². The Hall–Kier alpha value is -3.68. The Morgan fingerprint density at radius 2 is 1.87 bits per heavy atom. The maximum Gasteiger partial charge on any atom is 0.267 e. The molecule has 4 rings (SSSR count). The predicted molar refractivity (Wildman–Crippen MR) is 119 cm³/mol. The quantitative estimate of drug-likeness (QED) is 0.203. The minimum atomic E-state index is -0.618. The van der Waals surface area contributed by atoms with Crippen molar-refractivity contribution in [3.8, 4) is 27.7 Å². The summed E-state index contributed by atoms with van der Waals surface area (Å²) in [5.74, 6) is 0.439. The van der Waals surface area contributed by atoms with E-state index in [9.17, 15) is 14.3 Å². The highest BCUT2D eigenvalue weighted by molar-refractivity contribution is 7.22. The minimum absolute atomic E-state index is 0.158. The van der Waals surface area contributed by atoms with Crippen LogP contribution in [0.1, 0.15) is 11.1 Å². The molecule has 0 aliphatic rings. The molecule has 0 radical (unpaired) electrons. The van der Waals surface area contributed by atoms with Crippen LogP contribution in [0.15, 0.2) is 66.7 Å². The summed E-state index contributed by atoms with van der Waals surface area (Å²) in [4.78, 5) is 12.0. The Labute approximate surface area is 181 Å². The van der Waals surface area contributed by atoms with Gasteiger partial charge in [-0.1, -0.05) is 18.2 Å². The number of benzene rings is 3. The highest BCUT2D eigenvalue weighted by Crippen LogP contribution is 2.47. The van der Waals surface area contributed by atoms with Crippen molar-refractivity contribution in [2.24, 2.45) is 0 Å². The molecular formula is C24H18FNO4S. The van der Waals surface area contributed by atoms with Crippen molar-refractivity contribution < 1.29 is 24.2 Å². The summed E-state index contributed by atoms with van der Waals surface area (Å²) in [6, 6.07) is 16.8. The number of thiophene rings is 1. The van der Waals surface area contributed by atoms with Gasteiger partial charge in [0.15, 0.2) is 5.75 Å². The fraction of sp³-hybridized carbons (Fsp3) is 0.0417. The van der Waals surface area contributed by atoms with E-state index in [4.69, 9.17) is 9.94 Å². The number of fused-ring (bicyclic) bond motifs is 1. The van der Waals surface area contributed by atoms with Crippen LogP contribution in [0.3, 0.4) is 0 Å². The van der Waals surface area contributed by atoms with Crippen molar-refractivity contribution in [3.63, 3.8) is 0 Å². The third kappa shape index (κ3) is 4.42. The number of ether oxygens (including phenoxy) is 1. The average Bonchev–Trinajstić information content (AvgIpc) is 3.10. The van der Waals surface area contributed by atoms with E-state index < -0.39 is 5.91 Å². The molecule has 0 bridgehead atoms. The van der Waals surface area contributed by atoms with Crippen LogP contribution in [0.5, 0.6) is 17.2 Å². The number of halogens is 1. The topological polar surface area (TPSA) is 78.8 Å². The number of aryl methyl sites for hydroxylation is 1. The number of phenolic OH excluding ortho intramolecular Hbond substituents is 1. The highest BCUT2D eigenvalue weighted by Gasteiger charge is 2.18. The van der Waals surface area contributed by atoms with Crippen molar-refractivity contribution in [1.29, 1.82) is 0 Å². The molecule has 0 fully saturated rings. The molecule has 156 valence electrons. The lowest BCUT2D eigenvalue weighted by atomic mass is 10.1. The van der Waals surface area contributed by atoms with Crippen LogP contribution in [0.25, 0.3) is 26.6 Å². The molecule has 0 unspecified atom stereocenters. The second kappa shape index (κ2) is 8.59. The normalized spacial score (nSPS) is 11.2. The minimum Gasteiger partial charge on any atom is -0.508 e. The molecule has 1 aromatic heterocycles. The molecule has 0 saturated heterocycles. The van der Waals surface area contributed by atoms with Crippen LogP contribution in [-0.4, -0.2) is 16.2 Å². The number of amides is 1. The molecular weight excluding hydrogens is 417 g/mol. The number of carbonyl (C=O) groups is 1. The lowest BCUT2D eigenvalue weighted by Gasteiger charge is -2.10. The zero-order valence-corrected chi connectivity index (χ0v) is 17.2. The van der Waals surface area contributed by atoms with E-state index >= 15 is 0 Å². The summed E-state index contributed by atoms with van der Waals surface area (Å²) >= 11 is 1.46. The summed E-state index contributed by atoms with van der Waals surface area (Å²) in [5.41, 5.74) is 3.93. The maximum atomic E-state index is 13.6. The first-order valence-electron chi connectivity index (χ1n) is 9.36. The van der Waals surface area contributed by atoms with Gasteiger partial charge in [0, 0.05) is 16.2 Å². The Balaban J connectivity index is 1.74. The first-order chi connectivity index (χ1) is 14.9. The summed E-state index contributed by atoms with van der Waals surface area (Å²) in [6.45, 7) is 1.84. The Kier molecular flexibility index (Phi) is 5.70. The lowest BCUT2D eigenvalue weighted by molar-refractivity contribution is -0.124. The van der Waals surface area contributed by atoms with Crippen molar-refractivity contribution in [2.45, 2.75) is 6.92 Å². The lowest BCUT2D eigenvalue weighted by Crippen LogP contribution is -2.14. The average molecular weight is 435 g/mol. The second-order valence-electron chi connectivity index (χ2n) is 6.88. The van der Waals surface area contributed by atoms with Crippen molar-refractivity contribution in [1.82, 2.24) is 5.48 Å². The molecule has 0 aliphatic heterocycles. The molecule has 31 heavy (non-hydrogen) atoms. The molecule has 0 atom stereocenters. The number of carbonyl (C=O) groups excluding carboxylic acids is 1. The molecule has 0 spiro atoms. The molecule has 0 aliphatic carbocycles. The number of phenols is 1. The number of nitrogens with one attached hydrogen (secondary N) is 1. The Morgan fingerprint density at radius 1 is 1.10 bits per heavy atom. The number of hydrogen-bond acceptors (Lipinski definition) is 5. The number of hydrogen-bond donors (Lipinski definition) is 3. The smallest absolute Gasteiger partial charge is 0.267 e. The van der Waals surface area contributed by atoms with Crippen LogP contribution in [0, 0.1) is 12.7 Å². The van der Waals surface area contributed by atoms with Crippen LogP contribution in [0.2, 0.25) is 0 Å². The van der Waals surface area contributed by atoms with E-state index in [-0.39, 0.29) is 11.6 Å². The van der Waals surface area contributed by atoms with Gasteiger partial charge in [-0.25, -0.2) is 9.87 Å². The SMILES string of the molecule is Cc1cc(F)ccc1-c1sc2cc(O)ccc2c1Oc1ccc(C=CC(=O)NO)cc1. The standard InChI is InChI=1S/C24H18FNO4S/c1-14-12-16(25)5-9-19(14)24-23(20-10-6-17(27)13-21(20)31-24)30-18-7-2-15(3-8-18)4-11-22(28)26-29/h2-13,27,29H,1H3,(H,26,28). The Morgan fingerprint density at radius 3 is 2.58 bits per heavy atom. The van der Waals surface area contributed by atoms with Gasteiger partial charge >= 0.3 is 0 Å². The van der Waals surface area contributed by atoms with Gasteiger partial charge < -0.3 is 9.84 Å². The number of aromatic hydroxyl groups is 1. The van der Waals surface area contributed by atoms with Gasteiger partial charge in [0.25, 0.3) is 5.91 Å².